The Balaban J connectivity index is 1.83. The molecule has 0 heterocycles. The highest BCUT2D eigenvalue weighted by atomic mass is 35.5. The van der Waals surface area contributed by atoms with Gasteiger partial charge in [-0.05, 0) is 60.9 Å². The van der Waals surface area contributed by atoms with Gasteiger partial charge in [-0.15, -0.1) is 0 Å². The van der Waals surface area contributed by atoms with E-state index in [0.717, 1.165) is 15.4 Å². The maximum absolute atomic E-state index is 14.6. The van der Waals surface area contributed by atoms with Gasteiger partial charge in [0, 0.05) is 30.1 Å². The minimum atomic E-state index is -4.26. The second-order valence-corrected chi connectivity index (χ2v) is 13.3. The number of ether oxygens (including phenoxy) is 2. The molecule has 248 valence electrons. The van der Waals surface area contributed by atoms with Crippen LogP contribution in [-0.4, -0.2) is 58.0 Å². The van der Waals surface area contributed by atoms with Gasteiger partial charge in [-0.2, -0.15) is 0 Å². The third kappa shape index (κ3) is 9.05. The van der Waals surface area contributed by atoms with Crippen LogP contribution in [0.5, 0.6) is 11.5 Å². The van der Waals surface area contributed by atoms with Crippen LogP contribution in [0, 0.1) is 0 Å². The molecule has 0 bridgehead atoms. The largest absolute Gasteiger partial charge is 0.493 e. The highest BCUT2D eigenvalue weighted by Crippen LogP contribution is 2.34. The molecule has 47 heavy (non-hydrogen) atoms. The van der Waals surface area contributed by atoms with E-state index >= 15 is 0 Å². The van der Waals surface area contributed by atoms with Crippen molar-refractivity contribution in [2.45, 2.75) is 50.2 Å². The number of hydrogen-bond donors (Lipinski definition) is 1. The molecule has 2 amide bonds. The fraction of sp³-hybridized carbons (Fsp3) is 0.278. The molecule has 0 aromatic heterocycles. The number of amides is 2. The predicted molar refractivity (Wildman–Crippen MR) is 184 cm³/mol. The van der Waals surface area contributed by atoms with Crippen molar-refractivity contribution in [3.63, 3.8) is 0 Å². The zero-order valence-corrected chi connectivity index (χ0v) is 28.5. The summed E-state index contributed by atoms with van der Waals surface area (Å²) in [6.07, 6.45) is 0.904. The van der Waals surface area contributed by atoms with Gasteiger partial charge in [0.15, 0.2) is 11.5 Å². The average molecular weight is 678 g/mol. The van der Waals surface area contributed by atoms with Crippen molar-refractivity contribution in [3.8, 4) is 11.5 Å². The molecule has 4 rings (SSSR count). The number of halogens is 1. The third-order valence-electron chi connectivity index (χ3n) is 7.80. The van der Waals surface area contributed by atoms with Gasteiger partial charge in [0.05, 0.1) is 24.8 Å². The molecule has 0 aliphatic carbocycles. The van der Waals surface area contributed by atoms with Gasteiger partial charge in [0.25, 0.3) is 10.0 Å². The molecule has 9 nitrogen and oxygen atoms in total. The minimum Gasteiger partial charge on any atom is -0.493 e. The van der Waals surface area contributed by atoms with E-state index in [1.54, 1.807) is 54.6 Å². The van der Waals surface area contributed by atoms with E-state index in [9.17, 15) is 18.0 Å². The van der Waals surface area contributed by atoms with Crippen molar-refractivity contribution in [1.82, 2.24) is 10.2 Å². The van der Waals surface area contributed by atoms with Crippen LogP contribution in [0.25, 0.3) is 0 Å². The quantitative estimate of drug-likeness (QED) is 0.163. The van der Waals surface area contributed by atoms with Crippen LogP contribution >= 0.6 is 11.6 Å². The van der Waals surface area contributed by atoms with Crippen LogP contribution < -0.4 is 19.1 Å². The summed E-state index contributed by atoms with van der Waals surface area (Å²) >= 11 is 6.16. The molecule has 0 aliphatic rings. The minimum absolute atomic E-state index is 0.00202. The van der Waals surface area contributed by atoms with Crippen LogP contribution in [0.2, 0.25) is 5.02 Å². The first-order valence-electron chi connectivity index (χ1n) is 15.2. The Morgan fingerprint density at radius 2 is 1.45 bits per heavy atom. The molecule has 11 heteroatoms. The van der Waals surface area contributed by atoms with Crippen molar-refractivity contribution < 1.29 is 27.5 Å². The summed E-state index contributed by atoms with van der Waals surface area (Å²) in [5, 5.41) is 3.56. The summed E-state index contributed by atoms with van der Waals surface area (Å²) in [6.45, 7) is 3.30. The van der Waals surface area contributed by atoms with Crippen molar-refractivity contribution in [1.29, 1.82) is 0 Å². The molecule has 4 aromatic carbocycles. The highest BCUT2D eigenvalue weighted by molar-refractivity contribution is 7.92. The molecule has 0 unspecified atom stereocenters. The monoisotopic (exact) mass is 677 g/mol. The van der Waals surface area contributed by atoms with E-state index in [4.69, 9.17) is 21.1 Å². The number of benzene rings is 4. The van der Waals surface area contributed by atoms with Crippen molar-refractivity contribution in [2.75, 3.05) is 25.1 Å². The van der Waals surface area contributed by atoms with E-state index < -0.39 is 28.5 Å². The predicted octanol–water partition coefficient (Wildman–Crippen LogP) is 6.11. The van der Waals surface area contributed by atoms with E-state index in [-0.39, 0.29) is 35.5 Å². The fourth-order valence-electron chi connectivity index (χ4n) is 5.01. The molecule has 0 aliphatic heterocycles. The summed E-state index contributed by atoms with van der Waals surface area (Å²) in [5.74, 6) is -0.226. The number of anilines is 1. The average Bonchev–Trinajstić information content (AvgIpc) is 3.09. The van der Waals surface area contributed by atoms with E-state index in [1.807, 2.05) is 44.2 Å². The second-order valence-electron chi connectivity index (χ2n) is 11.0. The van der Waals surface area contributed by atoms with Gasteiger partial charge in [-0.25, -0.2) is 8.42 Å². The maximum atomic E-state index is 14.6. The number of carbonyl (C=O) groups is 2. The first-order chi connectivity index (χ1) is 22.6. The number of hydrogen-bond acceptors (Lipinski definition) is 6. The topological polar surface area (TPSA) is 105 Å². The van der Waals surface area contributed by atoms with E-state index in [2.05, 4.69) is 5.32 Å². The maximum Gasteiger partial charge on any atom is 0.264 e. The number of nitrogens with one attached hydrogen (secondary N) is 1. The van der Waals surface area contributed by atoms with Crippen molar-refractivity contribution in [2.24, 2.45) is 0 Å². The highest BCUT2D eigenvalue weighted by Gasteiger charge is 2.35. The summed E-state index contributed by atoms with van der Waals surface area (Å²) in [6, 6.07) is 27.8. The zero-order valence-electron chi connectivity index (χ0n) is 26.9. The Labute approximate surface area is 282 Å². The Morgan fingerprint density at radius 1 is 0.830 bits per heavy atom. The number of sulfonamides is 1. The lowest BCUT2D eigenvalue weighted by molar-refractivity contribution is -0.140. The van der Waals surface area contributed by atoms with Gasteiger partial charge in [0.2, 0.25) is 11.8 Å². The zero-order chi connectivity index (χ0) is 34.0. The van der Waals surface area contributed by atoms with Gasteiger partial charge >= 0.3 is 0 Å². The lowest BCUT2D eigenvalue weighted by atomic mass is 10.0. The van der Waals surface area contributed by atoms with Gasteiger partial charge in [-0.1, -0.05) is 79.2 Å². The summed E-state index contributed by atoms with van der Waals surface area (Å²) in [4.78, 5) is 30.0. The normalized spacial score (nSPS) is 12.4. The summed E-state index contributed by atoms with van der Waals surface area (Å²) in [5.41, 5.74) is 1.76. The molecule has 0 radical (unpaired) electrons. The van der Waals surface area contributed by atoms with E-state index in [0.29, 0.717) is 22.9 Å². The Hall–Kier alpha value is -4.54. The number of nitrogens with zero attached hydrogens (tertiary/aromatic N) is 2. The molecule has 1 N–H and O–H groups in total. The van der Waals surface area contributed by atoms with Crippen LogP contribution in [-0.2, 0) is 32.6 Å². The first-order valence-corrected chi connectivity index (χ1v) is 17.1. The van der Waals surface area contributed by atoms with Gasteiger partial charge in [-0.3, -0.25) is 13.9 Å². The third-order valence-corrected chi connectivity index (χ3v) is 9.84. The SMILES string of the molecule is CC[C@H](C)NC(=O)[C@H](Cc1ccccc1)N(Cc1ccc(Cl)cc1)C(=O)CN(c1ccc(OC)c(OC)c1)S(=O)(=O)c1ccccc1. The summed E-state index contributed by atoms with van der Waals surface area (Å²) in [7, 11) is -1.34. The van der Waals surface area contributed by atoms with Crippen LogP contribution in [0.15, 0.2) is 108 Å². The molecule has 0 saturated carbocycles. The van der Waals surface area contributed by atoms with Crippen LogP contribution in [0.1, 0.15) is 31.4 Å². The Bertz CT molecular complexity index is 1740. The second kappa shape index (κ2) is 16.3. The smallest absolute Gasteiger partial charge is 0.264 e. The van der Waals surface area contributed by atoms with Gasteiger partial charge in [0.1, 0.15) is 12.6 Å². The fourth-order valence-corrected chi connectivity index (χ4v) is 6.56. The first kappa shape index (κ1) is 35.3. The lowest BCUT2D eigenvalue weighted by Gasteiger charge is -2.34. The Morgan fingerprint density at radius 3 is 2.04 bits per heavy atom. The number of carbonyl (C=O) groups excluding carboxylic acids is 2. The molecule has 0 fully saturated rings. The molecular weight excluding hydrogens is 638 g/mol. The number of rotatable bonds is 15. The van der Waals surface area contributed by atoms with Crippen LogP contribution in [0.4, 0.5) is 5.69 Å². The number of methoxy groups -OCH3 is 2. The van der Waals surface area contributed by atoms with Crippen molar-refractivity contribution >= 4 is 39.1 Å². The summed E-state index contributed by atoms with van der Waals surface area (Å²) < 4.78 is 40.3. The standard InChI is InChI=1S/C36H40ClN3O6S/c1-5-26(2)38-36(42)32(22-27-12-8-6-9-13-27)39(24-28-16-18-29(37)19-17-28)35(41)25-40(47(43,44)31-14-10-7-11-15-31)30-20-21-33(45-3)34(23-30)46-4/h6-21,23,26,32H,5,22,24-25H2,1-4H3,(H,38,42)/t26-,32-/m0/s1. The van der Waals surface area contributed by atoms with Crippen LogP contribution in [0.3, 0.4) is 0 Å². The molecule has 0 saturated heterocycles. The van der Waals surface area contributed by atoms with Crippen molar-refractivity contribution in [3.05, 3.63) is 119 Å². The molecule has 0 spiro atoms. The Kier molecular flexibility index (Phi) is 12.3. The molecular formula is C36H40ClN3O6S. The van der Waals surface area contributed by atoms with Gasteiger partial charge < -0.3 is 19.7 Å². The lowest BCUT2D eigenvalue weighted by Crippen LogP contribution is -2.54. The molecule has 4 aromatic rings. The molecule has 2 atom stereocenters. The van der Waals surface area contributed by atoms with E-state index in [1.165, 1.54) is 37.3 Å².